The third-order valence-electron chi connectivity index (χ3n) is 8.64. The Hall–Kier alpha value is -3.72. The Kier molecular flexibility index (Phi) is 7.08. The van der Waals surface area contributed by atoms with Gasteiger partial charge in [-0.1, -0.05) is 31.0 Å². The van der Waals surface area contributed by atoms with Crippen molar-refractivity contribution in [1.82, 2.24) is 24.8 Å². The van der Waals surface area contributed by atoms with Gasteiger partial charge in [0.1, 0.15) is 17.3 Å². The summed E-state index contributed by atoms with van der Waals surface area (Å²) in [4.78, 5) is 37.6. The van der Waals surface area contributed by atoms with Crippen LogP contribution in [-0.2, 0) is 30.5 Å². The average Bonchev–Trinajstić information content (AvgIpc) is 3.28. The zero-order chi connectivity index (χ0) is 27.9. The van der Waals surface area contributed by atoms with E-state index in [1.54, 1.807) is 11.1 Å². The Morgan fingerprint density at radius 1 is 1.02 bits per heavy atom. The molecule has 3 amide bonds. The molecule has 9 nitrogen and oxygen atoms in total. The van der Waals surface area contributed by atoms with Gasteiger partial charge in [0.15, 0.2) is 5.82 Å². The van der Waals surface area contributed by atoms with Crippen molar-refractivity contribution < 1.29 is 14.3 Å². The second kappa shape index (κ2) is 10.7. The van der Waals surface area contributed by atoms with E-state index in [1.165, 1.54) is 36.8 Å². The predicted octanol–water partition coefficient (Wildman–Crippen LogP) is 5.28. The van der Waals surface area contributed by atoms with Gasteiger partial charge in [-0.05, 0) is 68.9 Å². The van der Waals surface area contributed by atoms with Crippen molar-refractivity contribution in [2.75, 3.05) is 11.4 Å². The first kappa shape index (κ1) is 26.5. The molecular formula is C31H38N6O3. The minimum atomic E-state index is -0.423. The summed E-state index contributed by atoms with van der Waals surface area (Å²) >= 11 is 0. The molecule has 1 N–H and O–H groups in total. The quantitative estimate of drug-likeness (QED) is 0.426. The standard InChI is InChI=1S/C31H38N6O3/c1-31(2)28-22(20-36(31)19-21-10-13-24(14-11-21)40-23-8-6-4-5-7-9-23)12-15-25(33-28)29-32-18-27(35(29)3)37-17-16-26(38)34-30(37)39/h10-15,18,23H,4-9,16-17,19-20H2,1-3H3,(H,34,38,39). The molecule has 0 unspecified atom stereocenters. The molecule has 2 aromatic heterocycles. The van der Waals surface area contributed by atoms with E-state index in [9.17, 15) is 9.59 Å². The number of fused-ring (bicyclic) bond motifs is 1. The minimum Gasteiger partial charge on any atom is -0.490 e. The first-order valence-corrected chi connectivity index (χ1v) is 14.4. The second-order valence-corrected chi connectivity index (χ2v) is 11.7. The smallest absolute Gasteiger partial charge is 0.329 e. The van der Waals surface area contributed by atoms with Crippen LogP contribution in [0.4, 0.5) is 10.6 Å². The van der Waals surface area contributed by atoms with Crippen LogP contribution in [0, 0.1) is 0 Å². The lowest BCUT2D eigenvalue weighted by atomic mass is 9.98. The maximum atomic E-state index is 12.4. The van der Waals surface area contributed by atoms with Gasteiger partial charge in [-0.25, -0.2) is 14.8 Å². The van der Waals surface area contributed by atoms with Crippen LogP contribution in [0.1, 0.15) is 75.6 Å². The van der Waals surface area contributed by atoms with Gasteiger partial charge in [-0.2, -0.15) is 0 Å². The van der Waals surface area contributed by atoms with Gasteiger partial charge >= 0.3 is 6.03 Å². The summed E-state index contributed by atoms with van der Waals surface area (Å²) in [5, 5.41) is 2.38. The summed E-state index contributed by atoms with van der Waals surface area (Å²) in [6.45, 7) is 6.41. The molecule has 2 fully saturated rings. The SMILES string of the molecule is Cn1c(N2CCC(=O)NC2=O)cnc1-c1ccc2c(n1)C(C)(C)N(Cc1ccc(OC3CCCCCC3)cc1)C2. The van der Waals surface area contributed by atoms with Crippen molar-refractivity contribution >= 4 is 17.8 Å². The van der Waals surface area contributed by atoms with E-state index in [4.69, 9.17) is 9.72 Å². The Bertz CT molecular complexity index is 1400. The molecule has 1 aromatic carbocycles. The number of imide groups is 1. The number of imidazole rings is 1. The zero-order valence-electron chi connectivity index (χ0n) is 23.7. The molecule has 4 heterocycles. The number of hydrogen-bond donors (Lipinski definition) is 1. The van der Waals surface area contributed by atoms with E-state index < -0.39 is 6.03 Å². The molecule has 1 saturated carbocycles. The average molecular weight is 543 g/mol. The third kappa shape index (κ3) is 5.10. The largest absolute Gasteiger partial charge is 0.490 e. The lowest BCUT2D eigenvalue weighted by molar-refractivity contribution is -0.120. The summed E-state index contributed by atoms with van der Waals surface area (Å²) in [5.74, 6) is 2.03. The van der Waals surface area contributed by atoms with Crippen LogP contribution in [0.25, 0.3) is 11.5 Å². The number of carbonyl (C=O) groups is 2. The highest BCUT2D eigenvalue weighted by Gasteiger charge is 2.39. The molecule has 6 rings (SSSR count). The van der Waals surface area contributed by atoms with Crippen LogP contribution < -0.4 is 15.0 Å². The molecule has 40 heavy (non-hydrogen) atoms. The van der Waals surface area contributed by atoms with E-state index in [0.717, 1.165) is 43.1 Å². The number of ether oxygens (including phenoxy) is 1. The van der Waals surface area contributed by atoms with Gasteiger partial charge in [0.25, 0.3) is 0 Å². The molecule has 0 atom stereocenters. The number of aromatic nitrogens is 3. The molecule has 0 bridgehead atoms. The number of anilines is 1. The monoisotopic (exact) mass is 542 g/mol. The lowest BCUT2D eigenvalue weighted by Gasteiger charge is -2.31. The lowest BCUT2D eigenvalue weighted by Crippen LogP contribution is -2.50. The van der Waals surface area contributed by atoms with Crippen molar-refractivity contribution in [2.24, 2.45) is 7.05 Å². The van der Waals surface area contributed by atoms with E-state index in [1.807, 2.05) is 17.7 Å². The van der Waals surface area contributed by atoms with Gasteiger partial charge in [0, 0.05) is 33.1 Å². The number of benzene rings is 1. The number of hydrogen-bond acceptors (Lipinski definition) is 6. The molecule has 0 spiro atoms. The second-order valence-electron chi connectivity index (χ2n) is 11.7. The summed E-state index contributed by atoms with van der Waals surface area (Å²) < 4.78 is 8.16. The van der Waals surface area contributed by atoms with Gasteiger partial charge in [0.05, 0.1) is 23.5 Å². The van der Waals surface area contributed by atoms with Gasteiger partial charge in [0.2, 0.25) is 5.91 Å². The fraction of sp³-hybridized carbons (Fsp3) is 0.484. The molecule has 3 aliphatic rings. The number of nitrogens with one attached hydrogen (secondary N) is 1. The fourth-order valence-electron chi connectivity index (χ4n) is 6.19. The van der Waals surface area contributed by atoms with E-state index in [-0.39, 0.29) is 17.9 Å². The van der Waals surface area contributed by atoms with Crippen LogP contribution >= 0.6 is 0 Å². The Labute approximate surface area is 235 Å². The topological polar surface area (TPSA) is 92.6 Å². The van der Waals surface area contributed by atoms with Crippen molar-refractivity contribution in [3.05, 3.63) is 59.4 Å². The fourth-order valence-corrected chi connectivity index (χ4v) is 6.19. The molecule has 9 heteroatoms. The number of carbonyl (C=O) groups excluding carboxylic acids is 2. The van der Waals surface area contributed by atoms with Crippen LogP contribution in [0.15, 0.2) is 42.6 Å². The summed E-state index contributed by atoms with van der Waals surface area (Å²) in [6.07, 6.45) is 9.78. The van der Waals surface area contributed by atoms with Crippen molar-refractivity contribution in [2.45, 2.75) is 83.5 Å². The Morgan fingerprint density at radius 2 is 1.77 bits per heavy atom. The van der Waals surface area contributed by atoms with Gasteiger partial charge in [-0.3, -0.25) is 19.9 Å². The first-order chi connectivity index (χ1) is 19.3. The van der Waals surface area contributed by atoms with Crippen molar-refractivity contribution in [3.8, 4) is 17.3 Å². The van der Waals surface area contributed by atoms with Crippen LogP contribution in [0.2, 0.25) is 0 Å². The molecule has 0 radical (unpaired) electrons. The predicted molar refractivity (Wildman–Crippen MR) is 153 cm³/mol. The Balaban J connectivity index is 1.16. The molecule has 1 aliphatic carbocycles. The van der Waals surface area contributed by atoms with E-state index in [2.05, 4.69) is 59.4 Å². The normalized spacial score (nSPS) is 19.8. The van der Waals surface area contributed by atoms with Gasteiger partial charge in [-0.15, -0.1) is 0 Å². The molecular weight excluding hydrogens is 504 g/mol. The number of urea groups is 1. The van der Waals surface area contributed by atoms with Crippen LogP contribution in [0.5, 0.6) is 5.75 Å². The zero-order valence-corrected chi connectivity index (χ0v) is 23.7. The maximum absolute atomic E-state index is 12.4. The minimum absolute atomic E-state index is 0.255. The highest BCUT2D eigenvalue weighted by molar-refractivity contribution is 6.05. The van der Waals surface area contributed by atoms with Crippen LogP contribution in [-0.4, -0.2) is 44.0 Å². The maximum Gasteiger partial charge on any atom is 0.329 e. The molecule has 3 aromatic rings. The van der Waals surface area contributed by atoms with Crippen molar-refractivity contribution in [3.63, 3.8) is 0 Å². The molecule has 2 aliphatic heterocycles. The summed E-state index contributed by atoms with van der Waals surface area (Å²) in [7, 11) is 1.87. The van der Waals surface area contributed by atoms with E-state index >= 15 is 0 Å². The Morgan fingerprint density at radius 3 is 2.50 bits per heavy atom. The number of rotatable bonds is 6. The van der Waals surface area contributed by atoms with E-state index in [0.29, 0.717) is 24.3 Å². The van der Waals surface area contributed by atoms with Gasteiger partial charge < -0.3 is 9.30 Å². The summed E-state index contributed by atoms with van der Waals surface area (Å²) in [5.41, 5.74) is 4.01. The molecule has 210 valence electrons. The van der Waals surface area contributed by atoms with Crippen LogP contribution in [0.3, 0.4) is 0 Å². The number of amides is 3. The highest BCUT2D eigenvalue weighted by Crippen LogP contribution is 2.40. The summed E-state index contributed by atoms with van der Waals surface area (Å²) in [6, 6.07) is 12.3. The van der Waals surface area contributed by atoms with Crippen molar-refractivity contribution in [1.29, 1.82) is 0 Å². The molecule has 1 saturated heterocycles. The highest BCUT2D eigenvalue weighted by atomic mass is 16.5. The first-order valence-electron chi connectivity index (χ1n) is 14.4. The third-order valence-corrected chi connectivity index (χ3v) is 8.64. The number of pyridine rings is 1. The number of nitrogens with zero attached hydrogens (tertiary/aromatic N) is 5.